The number of hydrogen-bond donors (Lipinski definition) is 1. The minimum Gasteiger partial charge on any atom is -0.497 e. The first-order chi connectivity index (χ1) is 11.0. The van der Waals surface area contributed by atoms with Gasteiger partial charge in [-0.2, -0.15) is 0 Å². The minimum absolute atomic E-state index is 0.0889. The highest BCUT2D eigenvalue weighted by Crippen LogP contribution is 2.28. The molecule has 0 spiro atoms. The maximum atomic E-state index is 12.7. The smallest absolute Gasteiger partial charge is 0.254 e. The molecule has 1 aliphatic heterocycles. The zero-order chi connectivity index (χ0) is 17.0. The maximum Gasteiger partial charge on any atom is 0.254 e. The third-order valence-electron chi connectivity index (χ3n) is 4.07. The molecule has 2 amide bonds. The van der Waals surface area contributed by atoms with Gasteiger partial charge in [0.1, 0.15) is 11.5 Å². The molecule has 0 aromatic heterocycles. The molecule has 0 bridgehead atoms. The Kier molecular flexibility index (Phi) is 5.44. The number of carbonyl (C=O) groups excluding carboxylic acids is 2. The van der Waals surface area contributed by atoms with Gasteiger partial charge in [-0.15, -0.1) is 0 Å². The second kappa shape index (κ2) is 7.32. The van der Waals surface area contributed by atoms with Gasteiger partial charge < -0.3 is 24.8 Å². The summed E-state index contributed by atoms with van der Waals surface area (Å²) in [7, 11) is 4.61. The van der Waals surface area contributed by atoms with Crippen molar-refractivity contribution in [3.8, 4) is 11.5 Å². The third kappa shape index (κ3) is 3.73. The summed E-state index contributed by atoms with van der Waals surface area (Å²) in [6.45, 7) is 1.11. The Morgan fingerprint density at radius 2 is 1.74 bits per heavy atom. The molecule has 0 aliphatic carbocycles. The summed E-state index contributed by atoms with van der Waals surface area (Å²) in [5, 5.41) is 0. The monoisotopic (exact) mass is 322 g/mol. The molecule has 1 aromatic carbocycles. The van der Waals surface area contributed by atoms with Gasteiger partial charge in [-0.05, 0) is 12.1 Å². The zero-order valence-corrected chi connectivity index (χ0v) is 13.6. The summed E-state index contributed by atoms with van der Waals surface area (Å²) >= 11 is 0. The molecule has 1 aromatic rings. The fourth-order valence-corrected chi connectivity index (χ4v) is 2.86. The predicted molar refractivity (Wildman–Crippen MR) is 83.5 cm³/mol. The Labute approximate surface area is 135 Å². The lowest BCUT2D eigenvalue weighted by atomic mass is 9.96. The van der Waals surface area contributed by atoms with Crippen molar-refractivity contribution in [2.24, 2.45) is 17.6 Å². The second-order valence-electron chi connectivity index (χ2n) is 5.54. The molecule has 1 saturated heterocycles. The van der Waals surface area contributed by atoms with Crippen molar-refractivity contribution in [2.45, 2.75) is 0 Å². The Morgan fingerprint density at radius 3 is 2.22 bits per heavy atom. The van der Waals surface area contributed by atoms with E-state index in [4.69, 9.17) is 19.9 Å². The molecule has 1 fully saturated rings. The van der Waals surface area contributed by atoms with Gasteiger partial charge in [0, 0.05) is 37.7 Å². The molecular weight excluding hydrogens is 300 g/mol. The molecule has 0 unspecified atom stereocenters. The van der Waals surface area contributed by atoms with Crippen LogP contribution >= 0.6 is 0 Å². The van der Waals surface area contributed by atoms with E-state index in [9.17, 15) is 9.59 Å². The normalized spacial score (nSPS) is 20.4. The number of primary amides is 1. The Balaban J connectivity index is 2.22. The summed E-state index contributed by atoms with van der Waals surface area (Å²) in [4.78, 5) is 25.9. The fourth-order valence-electron chi connectivity index (χ4n) is 2.86. The topological polar surface area (TPSA) is 91.1 Å². The number of benzene rings is 1. The van der Waals surface area contributed by atoms with Crippen LogP contribution in [0.2, 0.25) is 0 Å². The summed E-state index contributed by atoms with van der Waals surface area (Å²) in [6, 6.07) is 4.99. The molecule has 0 saturated carbocycles. The quantitative estimate of drug-likeness (QED) is 0.824. The fraction of sp³-hybridized carbons (Fsp3) is 0.500. The molecule has 23 heavy (non-hydrogen) atoms. The van der Waals surface area contributed by atoms with E-state index >= 15 is 0 Å². The summed E-state index contributed by atoms with van der Waals surface area (Å²) in [5.74, 6) is -0.0171. The van der Waals surface area contributed by atoms with Crippen LogP contribution in [-0.2, 0) is 9.53 Å². The van der Waals surface area contributed by atoms with E-state index < -0.39 is 11.8 Å². The number of nitrogens with zero attached hydrogens (tertiary/aromatic N) is 1. The first-order valence-corrected chi connectivity index (χ1v) is 7.30. The average Bonchev–Trinajstić information content (AvgIpc) is 2.98. The number of amides is 2. The average molecular weight is 322 g/mol. The van der Waals surface area contributed by atoms with Crippen LogP contribution in [0.4, 0.5) is 0 Å². The number of methoxy groups -OCH3 is 3. The van der Waals surface area contributed by atoms with E-state index in [1.807, 2.05) is 0 Å². The van der Waals surface area contributed by atoms with Gasteiger partial charge in [0.25, 0.3) is 5.91 Å². The van der Waals surface area contributed by atoms with Crippen LogP contribution in [0.5, 0.6) is 11.5 Å². The van der Waals surface area contributed by atoms with Crippen molar-refractivity contribution in [2.75, 3.05) is 41.0 Å². The van der Waals surface area contributed by atoms with Crippen LogP contribution < -0.4 is 15.2 Å². The molecule has 2 N–H and O–H groups in total. The Hall–Kier alpha value is -2.28. The first kappa shape index (κ1) is 17.1. The molecule has 1 heterocycles. The first-order valence-electron chi connectivity index (χ1n) is 7.30. The number of nitrogens with two attached hydrogens (primary N) is 1. The van der Waals surface area contributed by atoms with E-state index in [-0.39, 0.29) is 11.8 Å². The minimum atomic E-state index is -0.412. The van der Waals surface area contributed by atoms with Crippen LogP contribution in [0, 0.1) is 11.8 Å². The second-order valence-corrected chi connectivity index (χ2v) is 5.54. The highest BCUT2D eigenvalue weighted by molar-refractivity contribution is 5.96. The lowest BCUT2D eigenvalue weighted by molar-refractivity contribution is -0.122. The van der Waals surface area contributed by atoms with Crippen LogP contribution in [0.15, 0.2) is 18.2 Å². The van der Waals surface area contributed by atoms with Gasteiger partial charge in [-0.1, -0.05) is 0 Å². The standard InChI is InChI=1S/C16H22N2O5/c1-21-9-11-7-18(8-14(11)15(17)19)16(20)10-4-12(22-2)6-13(5-10)23-3/h4-6,11,14H,7-9H2,1-3H3,(H2,17,19)/t11-,14+/m0/s1. The van der Waals surface area contributed by atoms with E-state index in [1.165, 1.54) is 14.2 Å². The van der Waals surface area contributed by atoms with Crippen molar-refractivity contribution in [3.63, 3.8) is 0 Å². The zero-order valence-electron chi connectivity index (χ0n) is 13.6. The van der Waals surface area contributed by atoms with E-state index in [0.717, 1.165) is 0 Å². The SMILES string of the molecule is COC[C@@H]1CN(C(=O)c2cc(OC)cc(OC)c2)C[C@H]1C(N)=O. The lowest BCUT2D eigenvalue weighted by Gasteiger charge is -2.17. The number of likely N-dealkylation sites (tertiary alicyclic amines) is 1. The maximum absolute atomic E-state index is 12.7. The molecule has 1 aliphatic rings. The predicted octanol–water partition coefficient (Wildman–Crippen LogP) is 0.524. The van der Waals surface area contributed by atoms with Gasteiger partial charge >= 0.3 is 0 Å². The van der Waals surface area contributed by atoms with Gasteiger partial charge in [-0.3, -0.25) is 9.59 Å². The van der Waals surface area contributed by atoms with Crippen molar-refractivity contribution in [3.05, 3.63) is 23.8 Å². The Morgan fingerprint density at radius 1 is 1.13 bits per heavy atom. The highest BCUT2D eigenvalue weighted by atomic mass is 16.5. The van der Waals surface area contributed by atoms with E-state index in [0.29, 0.717) is 36.8 Å². The number of ether oxygens (including phenoxy) is 3. The van der Waals surface area contributed by atoms with Crippen LogP contribution in [-0.4, -0.2) is 57.7 Å². The molecule has 2 rings (SSSR count). The summed E-state index contributed by atoms with van der Waals surface area (Å²) < 4.78 is 15.5. The van der Waals surface area contributed by atoms with Crippen molar-refractivity contribution in [1.29, 1.82) is 0 Å². The number of hydrogen-bond acceptors (Lipinski definition) is 5. The number of rotatable bonds is 6. The third-order valence-corrected chi connectivity index (χ3v) is 4.07. The lowest BCUT2D eigenvalue weighted by Crippen LogP contribution is -2.32. The van der Waals surface area contributed by atoms with Gasteiger partial charge in [-0.25, -0.2) is 0 Å². The summed E-state index contributed by atoms with van der Waals surface area (Å²) in [5.41, 5.74) is 5.89. The van der Waals surface area contributed by atoms with Gasteiger partial charge in [0.2, 0.25) is 5.91 Å². The van der Waals surface area contributed by atoms with Crippen LogP contribution in [0.25, 0.3) is 0 Å². The molecule has 7 heteroatoms. The van der Waals surface area contributed by atoms with Crippen molar-refractivity contribution in [1.82, 2.24) is 4.90 Å². The van der Waals surface area contributed by atoms with E-state index in [1.54, 1.807) is 30.2 Å². The molecular formula is C16H22N2O5. The van der Waals surface area contributed by atoms with Gasteiger partial charge in [0.05, 0.1) is 26.7 Å². The largest absolute Gasteiger partial charge is 0.497 e. The Bertz CT molecular complexity index is 568. The molecule has 0 radical (unpaired) electrons. The molecule has 2 atom stereocenters. The number of carbonyl (C=O) groups is 2. The van der Waals surface area contributed by atoms with Crippen LogP contribution in [0.1, 0.15) is 10.4 Å². The molecule has 126 valence electrons. The van der Waals surface area contributed by atoms with Crippen LogP contribution in [0.3, 0.4) is 0 Å². The summed E-state index contributed by atoms with van der Waals surface area (Å²) in [6.07, 6.45) is 0. The van der Waals surface area contributed by atoms with E-state index in [2.05, 4.69) is 0 Å². The van der Waals surface area contributed by atoms with Crippen molar-refractivity contribution >= 4 is 11.8 Å². The van der Waals surface area contributed by atoms with Crippen molar-refractivity contribution < 1.29 is 23.8 Å². The molecule has 7 nitrogen and oxygen atoms in total. The highest BCUT2D eigenvalue weighted by Gasteiger charge is 2.38. The van der Waals surface area contributed by atoms with Gasteiger partial charge in [0.15, 0.2) is 0 Å².